The first-order valence-electron chi connectivity index (χ1n) is 7.57. The lowest BCUT2D eigenvalue weighted by molar-refractivity contribution is -0.134. The molecule has 2 atom stereocenters. The summed E-state index contributed by atoms with van der Waals surface area (Å²) in [6.07, 6.45) is 5.52. The largest absolute Gasteiger partial charge is 0.497 e. The lowest BCUT2D eigenvalue weighted by Gasteiger charge is -2.34. The number of ether oxygens (including phenoxy) is 1. The summed E-state index contributed by atoms with van der Waals surface area (Å²) in [6.45, 7) is 0.890. The molecule has 2 fully saturated rings. The third-order valence-corrected chi connectivity index (χ3v) is 5.22. The molecule has 2 aliphatic rings. The highest BCUT2D eigenvalue weighted by molar-refractivity contribution is 5.81. The molecule has 3 heteroatoms. The number of fused-ring (bicyclic) bond motifs is 1. The van der Waals surface area contributed by atoms with Gasteiger partial charge in [0.25, 0.3) is 0 Å². The van der Waals surface area contributed by atoms with Crippen molar-refractivity contribution in [2.75, 3.05) is 20.7 Å². The van der Waals surface area contributed by atoms with Crippen molar-refractivity contribution < 1.29 is 9.53 Å². The Bertz CT molecular complexity index is 513. The van der Waals surface area contributed by atoms with Crippen LogP contribution in [0.5, 0.6) is 5.75 Å². The minimum absolute atomic E-state index is 0.0381. The number of likely N-dealkylation sites (tertiary alicyclic amines) is 1. The first-order chi connectivity index (χ1) is 9.67. The van der Waals surface area contributed by atoms with Gasteiger partial charge in [0.05, 0.1) is 7.11 Å². The summed E-state index contributed by atoms with van der Waals surface area (Å²) in [6, 6.07) is 8.35. The molecule has 3 nitrogen and oxygen atoms in total. The third-order valence-electron chi connectivity index (χ3n) is 5.22. The fraction of sp³-hybridized carbons (Fsp3) is 0.588. The van der Waals surface area contributed by atoms with Crippen LogP contribution in [0.3, 0.4) is 0 Å². The zero-order chi connectivity index (χ0) is 14.2. The van der Waals surface area contributed by atoms with E-state index >= 15 is 0 Å². The molecule has 1 aromatic carbocycles. The topological polar surface area (TPSA) is 29.5 Å². The van der Waals surface area contributed by atoms with Gasteiger partial charge in [-0.1, -0.05) is 18.6 Å². The van der Waals surface area contributed by atoms with E-state index in [0.717, 1.165) is 44.4 Å². The van der Waals surface area contributed by atoms with Crippen molar-refractivity contribution in [1.82, 2.24) is 4.90 Å². The van der Waals surface area contributed by atoms with Crippen LogP contribution in [-0.4, -0.2) is 31.5 Å². The minimum Gasteiger partial charge on any atom is -0.497 e. The molecule has 0 spiro atoms. The molecular formula is C17H23NO2. The normalized spacial score (nSPS) is 30.0. The van der Waals surface area contributed by atoms with E-state index in [-0.39, 0.29) is 11.3 Å². The van der Waals surface area contributed by atoms with E-state index in [1.54, 1.807) is 7.11 Å². The highest BCUT2D eigenvalue weighted by Gasteiger charge is 2.49. The number of methoxy groups -OCH3 is 1. The molecular weight excluding hydrogens is 250 g/mol. The van der Waals surface area contributed by atoms with Crippen molar-refractivity contribution in [2.45, 2.75) is 37.5 Å². The average molecular weight is 273 g/mol. The second-order valence-electron chi connectivity index (χ2n) is 6.20. The van der Waals surface area contributed by atoms with Crippen LogP contribution >= 0.6 is 0 Å². The molecule has 2 unspecified atom stereocenters. The third kappa shape index (κ3) is 2.00. The van der Waals surface area contributed by atoms with Crippen LogP contribution in [0.1, 0.15) is 37.7 Å². The van der Waals surface area contributed by atoms with Crippen LogP contribution in [0.4, 0.5) is 0 Å². The van der Waals surface area contributed by atoms with Crippen molar-refractivity contribution in [3.05, 3.63) is 29.8 Å². The Morgan fingerprint density at radius 1 is 1.30 bits per heavy atom. The molecule has 3 rings (SSSR count). The SMILES string of the molecule is COc1cccc(C23CCCC2C(=O)N(C)CCC3)c1. The maximum absolute atomic E-state index is 12.7. The summed E-state index contributed by atoms with van der Waals surface area (Å²) in [5.74, 6) is 1.39. The lowest BCUT2D eigenvalue weighted by Crippen LogP contribution is -2.39. The van der Waals surface area contributed by atoms with Gasteiger partial charge in [0.1, 0.15) is 5.75 Å². The molecule has 20 heavy (non-hydrogen) atoms. The highest BCUT2D eigenvalue weighted by atomic mass is 16.5. The Morgan fingerprint density at radius 3 is 2.90 bits per heavy atom. The monoisotopic (exact) mass is 273 g/mol. The summed E-state index contributed by atoms with van der Waals surface area (Å²) in [4.78, 5) is 14.6. The Balaban J connectivity index is 2.05. The Morgan fingerprint density at radius 2 is 2.10 bits per heavy atom. The van der Waals surface area contributed by atoms with E-state index in [9.17, 15) is 4.79 Å². The Kier molecular flexibility index (Phi) is 3.45. The summed E-state index contributed by atoms with van der Waals surface area (Å²) in [7, 11) is 3.65. The van der Waals surface area contributed by atoms with Gasteiger partial charge in [-0.3, -0.25) is 4.79 Å². The van der Waals surface area contributed by atoms with E-state index in [2.05, 4.69) is 18.2 Å². The quantitative estimate of drug-likeness (QED) is 0.829. The van der Waals surface area contributed by atoms with Crippen LogP contribution in [-0.2, 0) is 10.2 Å². The van der Waals surface area contributed by atoms with Gasteiger partial charge in [0.2, 0.25) is 5.91 Å². The fourth-order valence-electron chi connectivity index (χ4n) is 4.16. The van der Waals surface area contributed by atoms with Crippen LogP contribution in [0.25, 0.3) is 0 Å². The number of hydrogen-bond donors (Lipinski definition) is 0. The lowest BCUT2D eigenvalue weighted by atomic mass is 9.69. The van der Waals surface area contributed by atoms with Crippen LogP contribution in [0, 0.1) is 5.92 Å². The van der Waals surface area contributed by atoms with Crippen LogP contribution in [0.15, 0.2) is 24.3 Å². The molecule has 0 radical (unpaired) electrons. The second kappa shape index (κ2) is 5.12. The standard InChI is InChI=1S/C17H23NO2/c1-18-11-5-10-17(9-4-8-15(17)16(18)19)13-6-3-7-14(12-13)20-2/h3,6-7,12,15H,4-5,8-11H2,1-2H3. The summed E-state index contributed by atoms with van der Waals surface area (Å²) in [5.41, 5.74) is 1.33. The zero-order valence-electron chi connectivity index (χ0n) is 12.4. The summed E-state index contributed by atoms with van der Waals surface area (Å²) >= 11 is 0. The van der Waals surface area contributed by atoms with E-state index in [1.807, 2.05) is 18.0 Å². The van der Waals surface area contributed by atoms with E-state index in [1.165, 1.54) is 5.56 Å². The van der Waals surface area contributed by atoms with Crippen LogP contribution in [0.2, 0.25) is 0 Å². The molecule has 1 heterocycles. The number of amides is 1. The van der Waals surface area contributed by atoms with Gasteiger partial charge < -0.3 is 9.64 Å². The predicted octanol–water partition coefficient (Wildman–Crippen LogP) is 2.99. The molecule has 1 aliphatic heterocycles. The minimum atomic E-state index is 0.0381. The molecule has 0 aromatic heterocycles. The predicted molar refractivity (Wildman–Crippen MR) is 78.9 cm³/mol. The smallest absolute Gasteiger partial charge is 0.226 e. The van der Waals surface area contributed by atoms with Crippen LogP contribution < -0.4 is 4.74 Å². The Hall–Kier alpha value is -1.51. The van der Waals surface area contributed by atoms with E-state index < -0.39 is 0 Å². The van der Waals surface area contributed by atoms with Gasteiger partial charge >= 0.3 is 0 Å². The van der Waals surface area contributed by atoms with Crippen molar-refractivity contribution in [2.24, 2.45) is 5.92 Å². The molecule has 1 saturated carbocycles. The number of hydrogen-bond acceptors (Lipinski definition) is 2. The first kappa shape index (κ1) is 13.5. The first-order valence-corrected chi connectivity index (χ1v) is 7.57. The van der Waals surface area contributed by atoms with Gasteiger partial charge in [-0.2, -0.15) is 0 Å². The molecule has 0 bridgehead atoms. The molecule has 1 aliphatic carbocycles. The van der Waals surface area contributed by atoms with Crippen molar-refractivity contribution >= 4 is 5.91 Å². The van der Waals surface area contributed by atoms with Gasteiger partial charge in [0.15, 0.2) is 0 Å². The maximum atomic E-state index is 12.7. The molecule has 0 N–H and O–H groups in total. The fourth-order valence-corrected chi connectivity index (χ4v) is 4.16. The second-order valence-corrected chi connectivity index (χ2v) is 6.20. The maximum Gasteiger partial charge on any atom is 0.226 e. The Labute approximate surface area is 120 Å². The van der Waals surface area contributed by atoms with E-state index in [0.29, 0.717) is 5.91 Å². The molecule has 108 valence electrons. The molecule has 1 saturated heterocycles. The zero-order valence-corrected chi connectivity index (χ0v) is 12.4. The molecule has 1 aromatic rings. The average Bonchev–Trinajstić information content (AvgIpc) is 2.86. The number of rotatable bonds is 2. The summed E-state index contributed by atoms with van der Waals surface area (Å²) < 4.78 is 5.37. The van der Waals surface area contributed by atoms with Gasteiger partial charge in [-0.25, -0.2) is 0 Å². The summed E-state index contributed by atoms with van der Waals surface area (Å²) in [5, 5.41) is 0. The van der Waals surface area contributed by atoms with Crippen molar-refractivity contribution in [3.8, 4) is 5.75 Å². The van der Waals surface area contributed by atoms with E-state index in [4.69, 9.17) is 4.74 Å². The van der Waals surface area contributed by atoms with Gasteiger partial charge in [-0.05, 0) is 43.4 Å². The number of carbonyl (C=O) groups excluding carboxylic acids is 1. The van der Waals surface area contributed by atoms with Gasteiger partial charge in [0, 0.05) is 24.9 Å². The van der Waals surface area contributed by atoms with Crippen molar-refractivity contribution in [3.63, 3.8) is 0 Å². The van der Waals surface area contributed by atoms with Gasteiger partial charge in [-0.15, -0.1) is 0 Å². The number of nitrogens with zero attached hydrogens (tertiary/aromatic N) is 1. The number of carbonyl (C=O) groups is 1. The van der Waals surface area contributed by atoms with Crippen molar-refractivity contribution in [1.29, 1.82) is 0 Å². The highest BCUT2D eigenvalue weighted by Crippen LogP contribution is 2.51. The molecule has 1 amide bonds. The number of benzene rings is 1.